The zero-order chi connectivity index (χ0) is 13.5. The molecule has 0 bridgehead atoms. The lowest BCUT2D eigenvalue weighted by Gasteiger charge is -2.23. The van der Waals surface area contributed by atoms with Crippen molar-refractivity contribution in [3.05, 3.63) is 18.3 Å². The molecule has 0 saturated heterocycles. The Labute approximate surface area is 112 Å². The lowest BCUT2D eigenvalue weighted by Crippen LogP contribution is -2.19. The average molecular weight is 250 g/mol. The molecular formula is C15H28N3. The minimum Gasteiger partial charge on any atom is -0.185 e. The number of rotatable bonds is 8. The Morgan fingerprint density at radius 1 is 1.06 bits per heavy atom. The molecule has 103 valence electrons. The summed E-state index contributed by atoms with van der Waals surface area (Å²) in [6.45, 7) is 12.4. The van der Waals surface area contributed by atoms with E-state index in [1.54, 1.807) is 23.1 Å². The van der Waals surface area contributed by atoms with E-state index in [-0.39, 0.29) is 0 Å². The Kier molecular flexibility index (Phi) is 6.37. The second-order valence-corrected chi connectivity index (χ2v) is 6.13. The molecule has 1 aromatic heterocycles. The topological polar surface area (TPSA) is 30.7 Å². The summed E-state index contributed by atoms with van der Waals surface area (Å²) < 4.78 is 0. The summed E-state index contributed by atoms with van der Waals surface area (Å²) in [6.07, 6.45) is 7.39. The van der Waals surface area contributed by atoms with Gasteiger partial charge in [-0.15, -0.1) is 0 Å². The van der Waals surface area contributed by atoms with Gasteiger partial charge in [0.1, 0.15) is 0 Å². The van der Waals surface area contributed by atoms with Gasteiger partial charge in [-0.25, -0.2) is 0 Å². The van der Waals surface area contributed by atoms with E-state index in [1.165, 1.54) is 19.3 Å². The van der Waals surface area contributed by atoms with Crippen LogP contribution in [0, 0.1) is 23.7 Å². The third-order valence-electron chi connectivity index (χ3n) is 3.80. The van der Waals surface area contributed by atoms with Crippen LogP contribution in [0.3, 0.4) is 0 Å². The summed E-state index contributed by atoms with van der Waals surface area (Å²) >= 11 is 0. The summed E-state index contributed by atoms with van der Waals surface area (Å²) in [5.41, 5.74) is 0. The molecule has 3 heteroatoms. The first-order valence-corrected chi connectivity index (χ1v) is 7.12. The van der Waals surface area contributed by atoms with E-state index in [9.17, 15) is 0 Å². The monoisotopic (exact) mass is 250 g/mol. The first-order valence-electron chi connectivity index (χ1n) is 7.12. The van der Waals surface area contributed by atoms with Gasteiger partial charge in [0.05, 0.1) is 18.9 Å². The third kappa shape index (κ3) is 5.65. The molecule has 1 heterocycles. The summed E-state index contributed by atoms with van der Waals surface area (Å²) in [5, 5.41) is 8.36. The Morgan fingerprint density at radius 3 is 2.22 bits per heavy atom. The van der Waals surface area contributed by atoms with E-state index in [0.29, 0.717) is 5.92 Å². The van der Waals surface area contributed by atoms with Crippen molar-refractivity contribution in [3.8, 4) is 0 Å². The molecule has 18 heavy (non-hydrogen) atoms. The average Bonchev–Trinajstić information content (AvgIpc) is 2.79. The molecule has 3 nitrogen and oxygen atoms in total. The van der Waals surface area contributed by atoms with E-state index in [4.69, 9.17) is 0 Å². The van der Waals surface area contributed by atoms with Gasteiger partial charge in [0, 0.05) is 0 Å². The summed E-state index contributed by atoms with van der Waals surface area (Å²) in [4.78, 5) is 1.80. The van der Waals surface area contributed by atoms with Crippen LogP contribution in [-0.4, -0.2) is 15.0 Å². The highest BCUT2D eigenvalue weighted by molar-refractivity contribution is 4.78. The highest BCUT2D eigenvalue weighted by atomic mass is 15.5. The minimum absolute atomic E-state index is 0.631. The predicted molar refractivity (Wildman–Crippen MR) is 76.0 cm³/mol. The Hall–Kier alpha value is -0.860. The third-order valence-corrected chi connectivity index (χ3v) is 3.80. The fourth-order valence-electron chi connectivity index (χ4n) is 2.30. The molecule has 0 N–H and O–H groups in total. The molecule has 0 saturated carbocycles. The number of aromatic nitrogens is 3. The van der Waals surface area contributed by atoms with Gasteiger partial charge in [-0.1, -0.05) is 41.0 Å². The smallest absolute Gasteiger partial charge is 0.0693 e. The van der Waals surface area contributed by atoms with Crippen molar-refractivity contribution in [1.29, 1.82) is 0 Å². The molecular weight excluding hydrogens is 222 g/mol. The van der Waals surface area contributed by atoms with Gasteiger partial charge in [0.2, 0.25) is 0 Å². The van der Waals surface area contributed by atoms with Crippen LogP contribution in [0.15, 0.2) is 12.4 Å². The fraction of sp³-hybridized carbons (Fsp3) is 0.800. The highest BCUT2D eigenvalue weighted by Crippen LogP contribution is 2.25. The SMILES string of the molecule is C[C](C)CCC(C)CC(C)C(C)Cn1nccn1. The van der Waals surface area contributed by atoms with E-state index < -0.39 is 0 Å². The number of hydrogen-bond donors (Lipinski definition) is 0. The van der Waals surface area contributed by atoms with Crippen molar-refractivity contribution in [3.63, 3.8) is 0 Å². The van der Waals surface area contributed by atoms with Crippen LogP contribution in [-0.2, 0) is 6.54 Å². The van der Waals surface area contributed by atoms with Gasteiger partial charge in [-0.3, -0.25) is 0 Å². The molecule has 0 spiro atoms. The standard InChI is InChI=1S/C15H28N3/c1-12(2)6-7-13(3)10-14(4)15(5)11-18-16-8-9-17-18/h8-9,13-15H,6-7,10-11H2,1-5H3. The molecule has 0 aliphatic rings. The van der Waals surface area contributed by atoms with Crippen LogP contribution < -0.4 is 0 Å². The second kappa shape index (κ2) is 7.55. The molecule has 0 aliphatic heterocycles. The van der Waals surface area contributed by atoms with Crippen LogP contribution >= 0.6 is 0 Å². The predicted octanol–water partition coefficient (Wildman–Crippen LogP) is 3.97. The van der Waals surface area contributed by atoms with Gasteiger partial charge >= 0.3 is 0 Å². The molecule has 0 aromatic carbocycles. The maximum atomic E-state index is 4.18. The van der Waals surface area contributed by atoms with E-state index in [1.807, 2.05) is 0 Å². The van der Waals surface area contributed by atoms with Gasteiger partial charge in [0.25, 0.3) is 0 Å². The van der Waals surface area contributed by atoms with Crippen molar-refractivity contribution in [2.75, 3.05) is 0 Å². The lowest BCUT2D eigenvalue weighted by atomic mass is 9.85. The van der Waals surface area contributed by atoms with Gasteiger partial charge in [0.15, 0.2) is 0 Å². The molecule has 1 radical (unpaired) electrons. The quantitative estimate of drug-likeness (QED) is 0.699. The van der Waals surface area contributed by atoms with E-state index in [2.05, 4.69) is 44.8 Å². The summed E-state index contributed by atoms with van der Waals surface area (Å²) in [5.74, 6) is 3.71. The normalized spacial score (nSPS) is 16.8. The molecule has 0 fully saturated rings. The van der Waals surface area contributed by atoms with Gasteiger partial charge in [-0.05, 0) is 36.5 Å². The Bertz CT molecular complexity index is 306. The first-order chi connectivity index (χ1) is 8.49. The maximum absolute atomic E-state index is 4.18. The molecule has 0 aliphatic carbocycles. The van der Waals surface area contributed by atoms with Crippen molar-refractivity contribution in [2.24, 2.45) is 17.8 Å². The van der Waals surface area contributed by atoms with Gasteiger partial charge < -0.3 is 0 Å². The molecule has 1 aromatic rings. The maximum Gasteiger partial charge on any atom is 0.0693 e. The zero-order valence-electron chi connectivity index (χ0n) is 12.6. The molecule has 3 unspecified atom stereocenters. The largest absolute Gasteiger partial charge is 0.185 e. The molecule has 0 amide bonds. The number of nitrogens with zero attached hydrogens (tertiary/aromatic N) is 3. The van der Waals surface area contributed by atoms with E-state index >= 15 is 0 Å². The second-order valence-electron chi connectivity index (χ2n) is 6.13. The molecule has 3 atom stereocenters. The van der Waals surface area contributed by atoms with Crippen LogP contribution in [0.25, 0.3) is 0 Å². The van der Waals surface area contributed by atoms with Crippen LogP contribution in [0.5, 0.6) is 0 Å². The highest BCUT2D eigenvalue weighted by Gasteiger charge is 2.16. The zero-order valence-corrected chi connectivity index (χ0v) is 12.6. The number of hydrogen-bond acceptors (Lipinski definition) is 2. The van der Waals surface area contributed by atoms with Crippen molar-refractivity contribution < 1.29 is 0 Å². The van der Waals surface area contributed by atoms with Crippen molar-refractivity contribution >= 4 is 0 Å². The first kappa shape index (κ1) is 15.2. The molecule has 1 rings (SSSR count). The fourth-order valence-corrected chi connectivity index (χ4v) is 2.30. The minimum atomic E-state index is 0.631. The summed E-state index contributed by atoms with van der Waals surface area (Å²) in [7, 11) is 0. The van der Waals surface area contributed by atoms with E-state index in [0.717, 1.165) is 18.4 Å². The Morgan fingerprint density at radius 2 is 1.67 bits per heavy atom. The Balaban J connectivity index is 2.28. The summed E-state index contributed by atoms with van der Waals surface area (Å²) in [6, 6.07) is 0. The lowest BCUT2D eigenvalue weighted by molar-refractivity contribution is 0.261. The van der Waals surface area contributed by atoms with Crippen LogP contribution in [0.1, 0.15) is 53.9 Å². The van der Waals surface area contributed by atoms with Crippen LogP contribution in [0.4, 0.5) is 0 Å². The van der Waals surface area contributed by atoms with Crippen molar-refractivity contribution in [2.45, 2.75) is 60.4 Å². The van der Waals surface area contributed by atoms with Crippen molar-refractivity contribution in [1.82, 2.24) is 15.0 Å². The van der Waals surface area contributed by atoms with Gasteiger partial charge in [-0.2, -0.15) is 15.0 Å². The van der Waals surface area contributed by atoms with Crippen LogP contribution in [0.2, 0.25) is 0 Å².